The Morgan fingerprint density at radius 1 is 1.29 bits per heavy atom. The van der Waals surface area contributed by atoms with Crippen LogP contribution in [0.15, 0.2) is 0 Å². The summed E-state index contributed by atoms with van der Waals surface area (Å²) >= 11 is 0. The smallest absolute Gasteiger partial charge is 0.0561 e. The maximum Gasteiger partial charge on any atom is 0.0561 e. The van der Waals surface area contributed by atoms with Crippen LogP contribution in [0, 0.1) is 5.41 Å². The van der Waals surface area contributed by atoms with Crippen molar-refractivity contribution in [3.05, 3.63) is 0 Å². The van der Waals surface area contributed by atoms with Crippen molar-refractivity contribution >= 4 is 0 Å². The molecule has 1 aliphatic carbocycles. The molecule has 0 bridgehead atoms. The van der Waals surface area contributed by atoms with Crippen LogP contribution >= 0.6 is 0 Å². The zero-order chi connectivity index (χ0) is 12.1. The van der Waals surface area contributed by atoms with Gasteiger partial charge in [0.05, 0.1) is 6.10 Å². The molecule has 2 N–H and O–H groups in total. The number of hydrogen-bond donors (Lipinski definition) is 2. The first-order valence-electron chi connectivity index (χ1n) is 7.20. The molecule has 0 amide bonds. The van der Waals surface area contributed by atoms with Crippen LogP contribution < -0.4 is 5.32 Å². The average molecular weight is 241 g/mol. The lowest BCUT2D eigenvalue weighted by Crippen LogP contribution is -2.46. The fourth-order valence-corrected chi connectivity index (χ4v) is 3.24. The van der Waals surface area contributed by atoms with Crippen LogP contribution in [0.5, 0.6) is 0 Å². The summed E-state index contributed by atoms with van der Waals surface area (Å²) in [6, 6.07) is 0.587. The first kappa shape index (κ1) is 13.3. The van der Waals surface area contributed by atoms with E-state index >= 15 is 0 Å². The molecule has 17 heavy (non-hydrogen) atoms. The molecule has 0 aromatic carbocycles. The summed E-state index contributed by atoms with van der Waals surface area (Å²) in [5.41, 5.74) is 0.166. The monoisotopic (exact) mass is 241 g/mol. The average Bonchev–Trinajstić information content (AvgIpc) is 2.38. The van der Waals surface area contributed by atoms with Crippen LogP contribution in [0.2, 0.25) is 0 Å². The largest absolute Gasteiger partial charge is 0.396 e. The number of rotatable bonds is 4. The lowest BCUT2D eigenvalue weighted by Gasteiger charge is -2.38. The number of nitrogens with one attached hydrogen (secondary N) is 1. The fourth-order valence-electron chi connectivity index (χ4n) is 3.24. The van der Waals surface area contributed by atoms with Crippen molar-refractivity contribution in [3.63, 3.8) is 0 Å². The van der Waals surface area contributed by atoms with E-state index in [2.05, 4.69) is 12.2 Å². The van der Waals surface area contributed by atoms with E-state index in [1.54, 1.807) is 0 Å². The van der Waals surface area contributed by atoms with Crippen molar-refractivity contribution in [2.24, 2.45) is 5.41 Å². The van der Waals surface area contributed by atoms with Gasteiger partial charge < -0.3 is 15.2 Å². The zero-order valence-corrected chi connectivity index (χ0v) is 11.1. The Kier molecular flexibility index (Phi) is 4.83. The Morgan fingerprint density at radius 3 is 2.71 bits per heavy atom. The third kappa shape index (κ3) is 3.67. The van der Waals surface area contributed by atoms with Crippen molar-refractivity contribution in [1.29, 1.82) is 0 Å². The van der Waals surface area contributed by atoms with Gasteiger partial charge in [0.25, 0.3) is 0 Å². The molecule has 0 radical (unpaired) electrons. The summed E-state index contributed by atoms with van der Waals surface area (Å²) in [5, 5.41) is 13.3. The second-order valence-electron chi connectivity index (χ2n) is 6.00. The van der Waals surface area contributed by atoms with Crippen LogP contribution in [0.1, 0.15) is 51.9 Å². The van der Waals surface area contributed by atoms with Gasteiger partial charge in [-0.15, -0.1) is 0 Å². The molecule has 2 unspecified atom stereocenters. The second-order valence-corrected chi connectivity index (χ2v) is 6.00. The molecule has 0 spiro atoms. The van der Waals surface area contributed by atoms with Crippen molar-refractivity contribution in [2.45, 2.75) is 64.0 Å². The number of ether oxygens (including phenoxy) is 1. The minimum absolute atomic E-state index is 0.166. The molecule has 3 nitrogen and oxygen atoms in total. The summed E-state index contributed by atoms with van der Waals surface area (Å²) in [5.74, 6) is 0. The zero-order valence-electron chi connectivity index (χ0n) is 11.1. The maximum absolute atomic E-state index is 9.66. The molecule has 3 heteroatoms. The molecule has 0 aromatic heterocycles. The first-order chi connectivity index (χ1) is 8.24. The summed E-state index contributed by atoms with van der Waals surface area (Å²) in [7, 11) is 0. The third-order valence-corrected chi connectivity index (χ3v) is 4.50. The minimum Gasteiger partial charge on any atom is -0.396 e. The van der Waals surface area contributed by atoms with E-state index < -0.39 is 0 Å². The van der Waals surface area contributed by atoms with Crippen molar-refractivity contribution in [3.8, 4) is 0 Å². The Hall–Kier alpha value is -0.120. The van der Waals surface area contributed by atoms with Crippen molar-refractivity contribution in [1.82, 2.24) is 5.32 Å². The molecule has 1 aliphatic heterocycles. The van der Waals surface area contributed by atoms with Crippen molar-refractivity contribution < 1.29 is 9.84 Å². The Balaban J connectivity index is 1.78. The Bertz CT molecular complexity index is 226. The van der Waals surface area contributed by atoms with Gasteiger partial charge in [-0.25, -0.2) is 0 Å². The van der Waals surface area contributed by atoms with Gasteiger partial charge in [-0.1, -0.05) is 19.3 Å². The first-order valence-corrected chi connectivity index (χ1v) is 7.20. The highest BCUT2D eigenvalue weighted by Gasteiger charge is 2.32. The molecule has 2 rings (SSSR count). The molecule has 1 saturated carbocycles. The van der Waals surface area contributed by atoms with Gasteiger partial charge in [0.1, 0.15) is 0 Å². The van der Waals surface area contributed by atoms with Gasteiger partial charge in [-0.2, -0.15) is 0 Å². The van der Waals surface area contributed by atoms with Crippen LogP contribution in [0.3, 0.4) is 0 Å². The van der Waals surface area contributed by atoms with E-state index in [-0.39, 0.29) is 5.41 Å². The normalized spacial score (nSPS) is 33.5. The fraction of sp³-hybridized carbons (Fsp3) is 1.00. The van der Waals surface area contributed by atoms with Crippen LogP contribution in [0.25, 0.3) is 0 Å². The van der Waals surface area contributed by atoms with Gasteiger partial charge in [0.15, 0.2) is 0 Å². The molecule has 2 fully saturated rings. The van der Waals surface area contributed by atoms with Gasteiger partial charge in [-0.3, -0.25) is 0 Å². The van der Waals surface area contributed by atoms with E-state index in [9.17, 15) is 5.11 Å². The van der Waals surface area contributed by atoms with Crippen molar-refractivity contribution in [2.75, 3.05) is 19.8 Å². The topological polar surface area (TPSA) is 41.5 Å². The van der Waals surface area contributed by atoms with E-state index in [0.29, 0.717) is 18.8 Å². The SMILES string of the molecule is CC1CC(NCC2(CO)CCCCC2)CCO1. The molecule has 1 saturated heterocycles. The molecular weight excluding hydrogens is 214 g/mol. The molecule has 1 heterocycles. The Labute approximate surface area is 105 Å². The van der Waals surface area contributed by atoms with E-state index in [1.807, 2.05) is 0 Å². The lowest BCUT2D eigenvalue weighted by molar-refractivity contribution is 0.00694. The van der Waals surface area contributed by atoms with Gasteiger partial charge >= 0.3 is 0 Å². The van der Waals surface area contributed by atoms with Gasteiger partial charge in [-0.05, 0) is 32.6 Å². The van der Waals surface area contributed by atoms with Crippen LogP contribution in [-0.2, 0) is 4.74 Å². The van der Waals surface area contributed by atoms with Crippen LogP contribution in [-0.4, -0.2) is 37.0 Å². The predicted octanol–water partition coefficient (Wildman–Crippen LogP) is 2.09. The molecule has 0 aromatic rings. The quantitative estimate of drug-likeness (QED) is 0.792. The highest BCUT2D eigenvalue weighted by Crippen LogP contribution is 2.35. The highest BCUT2D eigenvalue weighted by atomic mass is 16.5. The minimum atomic E-state index is 0.166. The summed E-state index contributed by atoms with van der Waals surface area (Å²) in [6.07, 6.45) is 8.91. The summed E-state index contributed by atoms with van der Waals surface area (Å²) < 4.78 is 5.56. The molecule has 2 atom stereocenters. The van der Waals surface area contributed by atoms with E-state index in [4.69, 9.17) is 4.74 Å². The summed E-state index contributed by atoms with van der Waals surface area (Å²) in [4.78, 5) is 0. The molecular formula is C14H27NO2. The number of aliphatic hydroxyl groups excluding tert-OH is 1. The molecule has 100 valence electrons. The van der Waals surface area contributed by atoms with E-state index in [0.717, 1.165) is 26.0 Å². The predicted molar refractivity (Wildman–Crippen MR) is 69.0 cm³/mol. The maximum atomic E-state index is 9.66. The van der Waals surface area contributed by atoms with E-state index in [1.165, 1.54) is 32.1 Å². The lowest BCUT2D eigenvalue weighted by atomic mass is 9.74. The second kappa shape index (κ2) is 6.17. The highest BCUT2D eigenvalue weighted by molar-refractivity contribution is 4.86. The van der Waals surface area contributed by atoms with Gasteiger partial charge in [0, 0.05) is 31.2 Å². The number of hydrogen-bond acceptors (Lipinski definition) is 3. The Morgan fingerprint density at radius 2 is 2.06 bits per heavy atom. The molecule has 2 aliphatic rings. The third-order valence-electron chi connectivity index (χ3n) is 4.50. The number of aliphatic hydroxyl groups is 1. The summed E-state index contributed by atoms with van der Waals surface area (Å²) in [6.45, 7) is 4.36. The van der Waals surface area contributed by atoms with Crippen LogP contribution in [0.4, 0.5) is 0 Å². The standard InChI is InChI=1S/C14H27NO2/c1-12-9-13(5-8-17-12)15-10-14(11-16)6-3-2-4-7-14/h12-13,15-16H,2-11H2,1H3. The van der Waals surface area contributed by atoms with Gasteiger partial charge in [0.2, 0.25) is 0 Å².